The van der Waals surface area contributed by atoms with Gasteiger partial charge in [-0.1, -0.05) is 0 Å². The number of methoxy groups -OCH3 is 3. The third-order valence-electron chi connectivity index (χ3n) is 4.67. The molecule has 0 aromatic heterocycles. The summed E-state index contributed by atoms with van der Waals surface area (Å²) in [5.41, 5.74) is 5.27. The molecule has 3 N–H and O–H groups in total. The van der Waals surface area contributed by atoms with Crippen molar-refractivity contribution in [1.29, 1.82) is 0 Å². The molecule has 0 aliphatic carbocycles. The maximum absolute atomic E-state index is 12.6. The highest BCUT2D eigenvalue weighted by molar-refractivity contribution is 5.98. The molecular weight excluding hydrogens is 396 g/mol. The van der Waals surface area contributed by atoms with Crippen molar-refractivity contribution in [3.8, 4) is 17.2 Å². The molecule has 2 aromatic carbocycles. The molecule has 1 aliphatic rings. The molecule has 3 rings (SSSR count). The number of benzene rings is 2. The van der Waals surface area contributed by atoms with Gasteiger partial charge in [0.1, 0.15) is 11.8 Å². The molecule has 0 saturated carbocycles. The van der Waals surface area contributed by atoms with Gasteiger partial charge in [0.05, 0.1) is 43.9 Å². The molecule has 2 atom stereocenters. The van der Waals surface area contributed by atoms with Crippen molar-refractivity contribution in [3.63, 3.8) is 0 Å². The molecule has 0 spiro atoms. The van der Waals surface area contributed by atoms with E-state index in [0.717, 1.165) is 0 Å². The molecule has 1 aliphatic heterocycles. The molecule has 1 fully saturated rings. The molecular formula is C19H20N4O7. The van der Waals surface area contributed by atoms with Crippen LogP contribution in [0.3, 0.4) is 0 Å². The van der Waals surface area contributed by atoms with E-state index in [9.17, 15) is 19.7 Å². The van der Waals surface area contributed by atoms with Crippen LogP contribution in [-0.4, -0.2) is 44.1 Å². The SMILES string of the molecule is COc1ccc(C(=O)NC2C(=O)NNC2c2cc(OC)c(OC)cc2[N+](=O)[O-])cc1. The van der Waals surface area contributed by atoms with Gasteiger partial charge in [0.25, 0.3) is 17.5 Å². The molecule has 2 amide bonds. The number of hydrogen-bond acceptors (Lipinski definition) is 8. The Bertz CT molecular complexity index is 978. The molecule has 0 radical (unpaired) electrons. The van der Waals surface area contributed by atoms with Crippen LogP contribution in [0.4, 0.5) is 5.69 Å². The first kappa shape index (κ1) is 20.9. The Morgan fingerprint density at radius 1 is 1.07 bits per heavy atom. The highest BCUT2D eigenvalue weighted by Crippen LogP contribution is 2.38. The zero-order chi connectivity index (χ0) is 21.8. The number of nitrogens with one attached hydrogen (secondary N) is 3. The third kappa shape index (κ3) is 3.96. The summed E-state index contributed by atoms with van der Waals surface area (Å²) in [7, 11) is 4.25. The van der Waals surface area contributed by atoms with Crippen LogP contribution in [0.1, 0.15) is 22.0 Å². The van der Waals surface area contributed by atoms with Crippen LogP contribution in [0.2, 0.25) is 0 Å². The van der Waals surface area contributed by atoms with Crippen molar-refractivity contribution in [2.75, 3.05) is 21.3 Å². The minimum Gasteiger partial charge on any atom is -0.497 e. The first-order valence-electron chi connectivity index (χ1n) is 8.80. The maximum Gasteiger partial charge on any atom is 0.278 e. The summed E-state index contributed by atoms with van der Waals surface area (Å²) in [5.74, 6) is -0.0604. The number of rotatable bonds is 7. The summed E-state index contributed by atoms with van der Waals surface area (Å²) in [4.78, 5) is 36.0. The third-order valence-corrected chi connectivity index (χ3v) is 4.67. The second-order valence-corrected chi connectivity index (χ2v) is 6.31. The van der Waals surface area contributed by atoms with E-state index in [2.05, 4.69) is 16.2 Å². The number of ether oxygens (including phenoxy) is 3. The summed E-state index contributed by atoms with van der Waals surface area (Å²) >= 11 is 0. The minimum absolute atomic E-state index is 0.149. The van der Waals surface area contributed by atoms with E-state index in [0.29, 0.717) is 11.3 Å². The Kier molecular flexibility index (Phi) is 6.02. The largest absolute Gasteiger partial charge is 0.497 e. The number of nitrogens with zero attached hydrogens (tertiary/aromatic N) is 1. The van der Waals surface area contributed by atoms with E-state index in [1.165, 1.54) is 33.5 Å². The van der Waals surface area contributed by atoms with Crippen LogP contribution in [0.25, 0.3) is 0 Å². The van der Waals surface area contributed by atoms with Gasteiger partial charge in [-0.15, -0.1) is 0 Å². The average Bonchev–Trinajstić information content (AvgIpc) is 3.12. The molecule has 2 aromatic rings. The normalized spacial score (nSPS) is 17.8. The lowest BCUT2D eigenvalue weighted by Gasteiger charge is -2.20. The average molecular weight is 416 g/mol. The van der Waals surface area contributed by atoms with E-state index in [-0.39, 0.29) is 22.7 Å². The fourth-order valence-corrected chi connectivity index (χ4v) is 3.13. The second kappa shape index (κ2) is 8.66. The topological polar surface area (TPSA) is 141 Å². The van der Waals surface area contributed by atoms with Gasteiger partial charge in [0, 0.05) is 5.56 Å². The van der Waals surface area contributed by atoms with Crippen LogP contribution in [0.5, 0.6) is 17.2 Å². The highest BCUT2D eigenvalue weighted by Gasteiger charge is 2.41. The summed E-state index contributed by atoms with van der Waals surface area (Å²) in [6.45, 7) is 0. The quantitative estimate of drug-likeness (QED) is 0.450. The number of amides is 2. The van der Waals surface area contributed by atoms with Gasteiger partial charge in [-0.3, -0.25) is 25.1 Å². The van der Waals surface area contributed by atoms with E-state index < -0.39 is 28.8 Å². The Hall–Kier alpha value is -3.86. The van der Waals surface area contributed by atoms with Crippen molar-refractivity contribution >= 4 is 17.5 Å². The van der Waals surface area contributed by atoms with Crippen molar-refractivity contribution in [2.24, 2.45) is 0 Å². The van der Waals surface area contributed by atoms with Crippen molar-refractivity contribution in [1.82, 2.24) is 16.2 Å². The lowest BCUT2D eigenvalue weighted by atomic mass is 9.97. The molecule has 1 heterocycles. The number of hydrazine groups is 1. The van der Waals surface area contributed by atoms with Gasteiger partial charge in [0.2, 0.25) is 0 Å². The van der Waals surface area contributed by atoms with Crippen molar-refractivity contribution in [2.45, 2.75) is 12.1 Å². The second-order valence-electron chi connectivity index (χ2n) is 6.31. The van der Waals surface area contributed by atoms with E-state index >= 15 is 0 Å². The molecule has 11 nitrogen and oxygen atoms in total. The van der Waals surface area contributed by atoms with Gasteiger partial charge in [0.15, 0.2) is 11.5 Å². The molecule has 1 saturated heterocycles. The zero-order valence-corrected chi connectivity index (χ0v) is 16.4. The highest BCUT2D eigenvalue weighted by atomic mass is 16.6. The van der Waals surface area contributed by atoms with Crippen molar-refractivity contribution in [3.05, 3.63) is 57.6 Å². The molecule has 158 valence electrons. The number of nitro benzene ring substituents is 1. The Balaban J connectivity index is 1.94. The van der Waals surface area contributed by atoms with E-state index in [1.807, 2.05) is 0 Å². The monoisotopic (exact) mass is 416 g/mol. The number of nitro groups is 1. The van der Waals surface area contributed by atoms with E-state index in [4.69, 9.17) is 14.2 Å². The van der Waals surface area contributed by atoms with Crippen LogP contribution >= 0.6 is 0 Å². The van der Waals surface area contributed by atoms with E-state index in [1.54, 1.807) is 24.3 Å². The Morgan fingerprint density at radius 2 is 1.70 bits per heavy atom. The van der Waals surface area contributed by atoms with Crippen LogP contribution in [0.15, 0.2) is 36.4 Å². The lowest BCUT2D eigenvalue weighted by molar-refractivity contribution is -0.385. The van der Waals surface area contributed by atoms with Gasteiger partial charge in [-0.2, -0.15) is 0 Å². The Morgan fingerprint density at radius 3 is 2.27 bits per heavy atom. The predicted molar refractivity (Wildman–Crippen MR) is 104 cm³/mol. The van der Waals surface area contributed by atoms with Crippen LogP contribution in [-0.2, 0) is 4.79 Å². The molecule has 2 unspecified atom stereocenters. The van der Waals surface area contributed by atoms with Crippen molar-refractivity contribution < 1.29 is 28.7 Å². The first-order chi connectivity index (χ1) is 14.4. The van der Waals surface area contributed by atoms with Crippen LogP contribution < -0.4 is 30.4 Å². The maximum atomic E-state index is 12.6. The van der Waals surface area contributed by atoms with Gasteiger partial charge >= 0.3 is 0 Å². The summed E-state index contributed by atoms with van der Waals surface area (Å²) in [6.07, 6.45) is 0. The van der Waals surface area contributed by atoms with Gasteiger partial charge in [-0.05, 0) is 30.3 Å². The summed E-state index contributed by atoms with van der Waals surface area (Å²) in [6, 6.07) is 6.90. The van der Waals surface area contributed by atoms with Crippen LogP contribution in [0, 0.1) is 10.1 Å². The smallest absolute Gasteiger partial charge is 0.278 e. The van der Waals surface area contributed by atoms with Gasteiger partial charge < -0.3 is 19.5 Å². The summed E-state index contributed by atoms with van der Waals surface area (Å²) in [5, 5.41) is 14.2. The number of carbonyl (C=O) groups excluding carboxylic acids is 2. The Labute approximate surface area is 171 Å². The molecule has 0 bridgehead atoms. The predicted octanol–water partition coefficient (Wildman–Crippen LogP) is 1.09. The lowest BCUT2D eigenvalue weighted by Crippen LogP contribution is -2.43. The fourth-order valence-electron chi connectivity index (χ4n) is 3.13. The fraction of sp³-hybridized carbons (Fsp3) is 0.263. The standard InChI is InChI=1S/C19H20N4O7/c1-28-11-6-4-10(5-7-11)18(24)20-17-16(21-22-19(17)25)12-8-14(29-2)15(30-3)9-13(12)23(26)27/h4-9,16-17,21H,1-3H3,(H,20,24)(H,22,25). The number of hydrogen-bond donors (Lipinski definition) is 3. The van der Waals surface area contributed by atoms with Gasteiger partial charge in [-0.25, -0.2) is 5.43 Å². The molecule has 11 heteroatoms. The minimum atomic E-state index is -1.10. The molecule has 30 heavy (non-hydrogen) atoms. The number of carbonyl (C=O) groups is 2. The first-order valence-corrected chi connectivity index (χ1v) is 8.80. The zero-order valence-electron chi connectivity index (χ0n) is 16.4. The summed E-state index contributed by atoms with van der Waals surface area (Å²) < 4.78 is 15.4.